The normalized spacial score (nSPS) is 10.6. The average molecular weight is 405 g/mol. The van der Waals surface area contributed by atoms with E-state index in [1.165, 1.54) is 5.56 Å². The van der Waals surface area contributed by atoms with Crippen molar-refractivity contribution >= 4 is 51.9 Å². The maximum atomic E-state index is 6.18. The number of aromatic nitrogens is 2. The summed E-state index contributed by atoms with van der Waals surface area (Å²) in [5.41, 5.74) is 4.67. The third kappa shape index (κ3) is 4.36. The second kappa shape index (κ2) is 8.08. The minimum atomic E-state index is 0.444. The van der Waals surface area contributed by atoms with Gasteiger partial charge in [-0.05, 0) is 49.8 Å². The van der Waals surface area contributed by atoms with Crippen LogP contribution >= 0.6 is 35.4 Å². The molecule has 0 aliphatic heterocycles. The van der Waals surface area contributed by atoms with Crippen molar-refractivity contribution in [1.29, 1.82) is 0 Å². The van der Waals surface area contributed by atoms with Crippen LogP contribution in [0, 0.1) is 13.8 Å². The molecular formula is C19H18Cl2N4S. The lowest BCUT2D eigenvalue weighted by Crippen LogP contribution is -2.20. The molecule has 1 aromatic heterocycles. The Hall–Kier alpha value is -2.08. The Morgan fingerprint density at radius 3 is 2.50 bits per heavy atom. The van der Waals surface area contributed by atoms with E-state index in [0.717, 1.165) is 17.1 Å². The highest BCUT2D eigenvalue weighted by Gasteiger charge is 2.13. The summed E-state index contributed by atoms with van der Waals surface area (Å²) in [5, 5.41) is 12.5. The van der Waals surface area contributed by atoms with Gasteiger partial charge in [-0.15, -0.1) is 0 Å². The van der Waals surface area contributed by atoms with Crippen molar-refractivity contribution in [2.24, 2.45) is 0 Å². The summed E-state index contributed by atoms with van der Waals surface area (Å²) in [6.07, 6.45) is 0. The molecule has 3 rings (SSSR count). The molecule has 0 spiro atoms. The summed E-state index contributed by atoms with van der Waals surface area (Å²) >= 11 is 17.5. The lowest BCUT2D eigenvalue weighted by molar-refractivity contribution is 0.659. The summed E-state index contributed by atoms with van der Waals surface area (Å²) in [6, 6.07) is 15.4. The van der Waals surface area contributed by atoms with E-state index in [1.807, 2.05) is 36.7 Å². The quantitative estimate of drug-likeness (QED) is 0.550. The molecule has 26 heavy (non-hydrogen) atoms. The van der Waals surface area contributed by atoms with Gasteiger partial charge in [0.05, 0.1) is 34.3 Å². The van der Waals surface area contributed by atoms with Crippen LogP contribution in [-0.2, 0) is 6.54 Å². The number of nitrogens with one attached hydrogen (secondary N) is 2. The van der Waals surface area contributed by atoms with Crippen molar-refractivity contribution in [2.75, 3.05) is 10.6 Å². The molecule has 0 radical (unpaired) electrons. The smallest absolute Gasteiger partial charge is 0.175 e. The molecule has 4 nitrogen and oxygen atoms in total. The Balaban J connectivity index is 1.74. The number of hydrogen-bond donors (Lipinski definition) is 2. The predicted octanol–water partition coefficient (Wildman–Crippen LogP) is 5.66. The molecule has 0 saturated carbocycles. The Kier molecular flexibility index (Phi) is 5.81. The highest BCUT2D eigenvalue weighted by molar-refractivity contribution is 7.80. The van der Waals surface area contributed by atoms with Gasteiger partial charge in [0.15, 0.2) is 5.11 Å². The maximum Gasteiger partial charge on any atom is 0.175 e. The number of anilines is 2. The van der Waals surface area contributed by atoms with Crippen LogP contribution in [0.2, 0.25) is 10.0 Å². The lowest BCUT2D eigenvalue weighted by atomic mass is 10.2. The average Bonchev–Trinajstić information content (AvgIpc) is 2.86. The topological polar surface area (TPSA) is 41.9 Å². The molecule has 0 aliphatic carbocycles. The molecular weight excluding hydrogens is 387 g/mol. The fourth-order valence-electron chi connectivity index (χ4n) is 2.65. The highest BCUT2D eigenvalue weighted by atomic mass is 35.5. The molecule has 0 atom stereocenters. The van der Waals surface area contributed by atoms with Gasteiger partial charge in [0.25, 0.3) is 0 Å². The molecule has 2 aromatic carbocycles. The molecule has 0 aliphatic rings. The first-order chi connectivity index (χ1) is 12.4. The Bertz CT molecular complexity index is 938. The number of halogens is 2. The fraction of sp³-hybridized carbons (Fsp3) is 0.158. The molecule has 2 N–H and O–H groups in total. The van der Waals surface area contributed by atoms with Crippen LogP contribution in [0.15, 0.2) is 48.5 Å². The van der Waals surface area contributed by atoms with Crippen molar-refractivity contribution in [3.05, 3.63) is 75.5 Å². The zero-order valence-corrected chi connectivity index (χ0v) is 16.7. The summed E-state index contributed by atoms with van der Waals surface area (Å²) in [7, 11) is 0. The van der Waals surface area contributed by atoms with Crippen molar-refractivity contribution in [3.8, 4) is 0 Å². The van der Waals surface area contributed by atoms with E-state index < -0.39 is 0 Å². The van der Waals surface area contributed by atoms with Crippen LogP contribution in [-0.4, -0.2) is 14.9 Å². The van der Waals surface area contributed by atoms with Crippen molar-refractivity contribution in [1.82, 2.24) is 9.78 Å². The van der Waals surface area contributed by atoms with Crippen molar-refractivity contribution in [2.45, 2.75) is 20.4 Å². The first-order valence-electron chi connectivity index (χ1n) is 8.05. The molecule has 1 heterocycles. The van der Waals surface area contributed by atoms with Crippen LogP contribution in [0.25, 0.3) is 0 Å². The van der Waals surface area contributed by atoms with Crippen LogP contribution in [0.5, 0.6) is 0 Å². The van der Waals surface area contributed by atoms with Gasteiger partial charge in [0.1, 0.15) is 0 Å². The first-order valence-corrected chi connectivity index (χ1v) is 9.21. The van der Waals surface area contributed by atoms with E-state index in [0.29, 0.717) is 27.4 Å². The zero-order valence-electron chi connectivity index (χ0n) is 14.4. The minimum absolute atomic E-state index is 0.444. The molecule has 3 aromatic rings. The molecule has 0 unspecified atom stereocenters. The third-order valence-corrected chi connectivity index (χ3v) is 4.73. The van der Waals surface area contributed by atoms with Gasteiger partial charge < -0.3 is 10.6 Å². The van der Waals surface area contributed by atoms with Gasteiger partial charge in [0.2, 0.25) is 0 Å². The summed E-state index contributed by atoms with van der Waals surface area (Å²) in [5.74, 6) is 0. The summed E-state index contributed by atoms with van der Waals surface area (Å²) in [6.45, 7) is 4.68. The third-order valence-electron chi connectivity index (χ3n) is 3.97. The highest BCUT2D eigenvalue weighted by Crippen LogP contribution is 2.26. The first kappa shape index (κ1) is 18.7. The number of thiocarbonyl (C=S) groups is 1. The van der Waals surface area contributed by atoms with E-state index in [9.17, 15) is 0 Å². The molecule has 7 heteroatoms. The molecule has 0 saturated heterocycles. The SMILES string of the molecule is Cc1nn(Cc2ccccc2)c(C)c1NC(=S)Nc1ccc(Cl)cc1Cl. The van der Waals surface area contributed by atoms with Crippen LogP contribution in [0.3, 0.4) is 0 Å². The number of aryl methyl sites for hydroxylation is 1. The summed E-state index contributed by atoms with van der Waals surface area (Å²) < 4.78 is 1.96. The van der Waals surface area contributed by atoms with E-state index in [4.69, 9.17) is 35.4 Å². The van der Waals surface area contributed by atoms with E-state index in [-0.39, 0.29) is 0 Å². The standard InChI is InChI=1S/C19H18Cl2N4S/c1-12-18(13(2)25(24-12)11-14-6-4-3-5-7-14)23-19(26)22-17-9-8-15(20)10-16(17)21/h3-10H,11H2,1-2H3,(H2,22,23,26). The summed E-state index contributed by atoms with van der Waals surface area (Å²) in [4.78, 5) is 0. The lowest BCUT2D eigenvalue weighted by Gasteiger charge is -2.12. The number of nitrogens with zero attached hydrogens (tertiary/aromatic N) is 2. The molecule has 0 fully saturated rings. The van der Waals surface area contributed by atoms with E-state index >= 15 is 0 Å². The van der Waals surface area contributed by atoms with Gasteiger partial charge in [-0.2, -0.15) is 5.10 Å². The minimum Gasteiger partial charge on any atom is -0.331 e. The maximum absolute atomic E-state index is 6.18. The van der Waals surface area contributed by atoms with E-state index in [2.05, 4.69) is 27.9 Å². The van der Waals surface area contributed by atoms with Crippen molar-refractivity contribution < 1.29 is 0 Å². The Morgan fingerprint density at radius 1 is 1.08 bits per heavy atom. The zero-order chi connectivity index (χ0) is 18.7. The molecule has 134 valence electrons. The fourth-order valence-corrected chi connectivity index (χ4v) is 3.31. The van der Waals surface area contributed by atoms with Gasteiger partial charge in [0, 0.05) is 5.02 Å². The number of rotatable bonds is 4. The predicted molar refractivity (Wildman–Crippen MR) is 114 cm³/mol. The van der Waals surface area contributed by atoms with Gasteiger partial charge in [-0.25, -0.2) is 0 Å². The van der Waals surface area contributed by atoms with Gasteiger partial charge >= 0.3 is 0 Å². The Labute approximate surface area is 168 Å². The molecule has 0 amide bonds. The van der Waals surface area contributed by atoms with E-state index in [1.54, 1.807) is 18.2 Å². The van der Waals surface area contributed by atoms with Crippen LogP contribution in [0.1, 0.15) is 17.0 Å². The second-order valence-corrected chi connectivity index (χ2v) is 7.14. The monoisotopic (exact) mass is 404 g/mol. The Morgan fingerprint density at radius 2 is 1.81 bits per heavy atom. The van der Waals surface area contributed by atoms with Crippen LogP contribution in [0.4, 0.5) is 11.4 Å². The number of benzene rings is 2. The molecule has 0 bridgehead atoms. The second-order valence-electron chi connectivity index (χ2n) is 5.89. The largest absolute Gasteiger partial charge is 0.331 e. The van der Waals surface area contributed by atoms with Crippen molar-refractivity contribution in [3.63, 3.8) is 0 Å². The van der Waals surface area contributed by atoms with Crippen LogP contribution < -0.4 is 10.6 Å². The number of hydrogen-bond acceptors (Lipinski definition) is 2. The van der Waals surface area contributed by atoms with Gasteiger partial charge in [-0.3, -0.25) is 4.68 Å². The van der Waals surface area contributed by atoms with Gasteiger partial charge in [-0.1, -0.05) is 53.5 Å².